The van der Waals surface area contributed by atoms with E-state index < -0.39 is 0 Å². The summed E-state index contributed by atoms with van der Waals surface area (Å²) >= 11 is 0. The van der Waals surface area contributed by atoms with E-state index >= 15 is 0 Å². The van der Waals surface area contributed by atoms with Crippen LogP contribution in [0.2, 0.25) is 0 Å². The summed E-state index contributed by atoms with van der Waals surface area (Å²) in [5.41, 5.74) is 2.84. The fourth-order valence-electron chi connectivity index (χ4n) is 2.80. The van der Waals surface area contributed by atoms with Gasteiger partial charge >= 0.3 is 0 Å². The first-order chi connectivity index (χ1) is 8.33. The first-order valence-corrected chi connectivity index (χ1v) is 6.97. The summed E-state index contributed by atoms with van der Waals surface area (Å²) in [6.07, 6.45) is 10.6. The first kappa shape index (κ1) is 12.6. The van der Waals surface area contributed by atoms with Crippen LogP contribution in [0.5, 0.6) is 0 Å². The van der Waals surface area contributed by atoms with Crippen molar-refractivity contribution in [3.63, 3.8) is 0 Å². The smallest absolute Gasteiger partial charge is 0.0366 e. The van der Waals surface area contributed by atoms with Crippen molar-refractivity contribution in [3.05, 3.63) is 29.6 Å². The summed E-state index contributed by atoms with van der Waals surface area (Å²) in [6.45, 7) is 6.99. The quantitative estimate of drug-likeness (QED) is 0.786. The number of aryl methyl sites for hydroxylation is 1. The molecule has 2 heteroatoms. The summed E-state index contributed by atoms with van der Waals surface area (Å²) in [5.74, 6) is 0. The van der Waals surface area contributed by atoms with E-state index in [9.17, 15) is 0 Å². The average molecular weight is 232 g/mol. The highest BCUT2D eigenvalue weighted by molar-refractivity contribution is 5.25. The van der Waals surface area contributed by atoms with Gasteiger partial charge in [-0.05, 0) is 56.5 Å². The highest BCUT2D eigenvalue weighted by Gasteiger charge is 2.24. The topological polar surface area (TPSA) is 16.1 Å². The molecule has 0 amide bonds. The zero-order valence-electron chi connectivity index (χ0n) is 11.2. The molecule has 1 aliphatic heterocycles. The molecule has 2 heterocycles. The van der Waals surface area contributed by atoms with Crippen LogP contribution in [0, 0.1) is 6.92 Å². The Labute approximate surface area is 105 Å². The maximum absolute atomic E-state index is 4.31. The molecule has 1 atom stereocenters. The van der Waals surface area contributed by atoms with Crippen molar-refractivity contribution in [2.45, 2.75) is 52.0 Å². The highest BCUT2D eigenvalue weighted by Crippen LogP contribution is 2.32. The van der Waals surface area contributed by atoms with Gasteiger partial charge in [-0.3, -0.25) is 9.88 Å². The lowest BCUT2D eigenvalue weighted by atomic mass is 9.93. The Morgan fingerprint density at radius 1 is 1.41 bits per heavy atom. The molecule has 1 aromatic heterocycles. The minimum absolute atomic E-state index is 0.615. The van der Waals surface area contributed by atoms with Crippen LogP contribution in [0.1, 0.15) is 56.2 Å². The number of unbranched alkanes of at least 4 members (excludes halogenated alkanes) is 1. The molecule has 0 N–H and O–H groups in total. The van der Waals surface area contributed by atoms with E-state index in [1.165, 1.54) is 56.3 Å². The molecule has 0 aliphatic carbocycles. The van der Waals surface area contributed by atoms with Crippen molar-refractivity contribution < 1.29 is 0 Å². The van der Waals surface area contributed by atoms with Crippen LogP contribution in [-0.2, 0) is 0 Å². The molecule has 1 aliphatic rings. The van der Waals surface area contributed by atoms with E-state index in [-0.39, 0.29) is 0 Å². The summed E-state index contributed by atoms with van der Waals surface area (Å²) in [5, 5.41) is 0. The largest absolute Gasteiger partial charge is 0.296 e. The molecule has 17 heavy (non-hydrogen) atoms. The van der Waals surface area contributed by atoms with Gasteiger partial charge in [0.05, 0.1) is 0 Å². The molecule has 1 aromatic rings. The van der Waals surface area contributed by atoms with Crippen LogP contribution in [0.4, 0.5) is 0 Å². The monoisotopic (exact) mass is 232 g/mol. The number of hydrogen-bond acceptors (Lipinski definition) is 2. The summed E-state index contributed by atoms with van der Waals surface area (Å²) in [4.78, 5) is 6.97. The standard InChI is InChI=1S/C15H24N2/c1-3-4-10-17-11-6-5-7-15(17)14-12-16-9-8-13(14)2/h8-9,12,15H,3-7,10-11H2,1-2H3/t15-/m0/s1. The number of rotatable bonds is 4. The van der Waals surface area contributed by atoms with Gasteiger partial charge in [-0.1, -0.05) is 19.8 Å². The second-order valence-corrected chi connectivity index (χ2v) is 5.13. The van der Waals surface area contributed by atoms with E-state index in [2.05, 4.69) is 36.0 Å². The number of pyridine rings is 1. The predicted molar refractivity (Wildman–Crippen MR) is 72.0 cm³/mol. The van der Waals surface area contributed by atoms with Crippen LogP contribution in [0.3, 0.4) is 0 Å². The van der Waals surface area contributed by atoms with E-state index in [4.69, 9.17) is 0 Å². The van der Waals surface area contributed by atoms with Crippen molar-refractivity contribution in [1.29, 1.82) is 0 Å². The molecular formula is C15H24N2. The Morgan fingerprint density at radius 3 is 3.06 bits per heavy atom. The lowest BCUT2D eigenvalue weighted by molar-refractivity contribution is 0.146. The SMILES string of the molecule is CCCCN1CCCC[C@H]1c1cnccc1C. The summed E-state index contributed by atoms with van der Waals surface area (Å²) in [7, 11) is 0. The third-order valence-corrected chi connectivity index (χ3v) is 3.85. The lowest BCUT2D eigenvalue weighted by Gasteiger charge is -2.36. The van der Waals surface area contributed by atoms with Gasteiger partial charge in [-0.2, -0.15) is 0 Å². The van der Waals surface area contributed by atoms with Crippen LogP contribution >= 0.6 is 0 Å². The molecule has 94 valence electrons. The molecule has 2 nitrogen and oxygen atoms in total. The highest BCUT2D eigenvalue weighted by atomic mass is 15.2. The number of piperidine rings is 1. The van der Waals surface area contributed by atoms with Crippen LogP contribution in [0.15, 0.2) is 18.5 Å². The second-order valence-electron chi connectivity index (χ2n) is 5.13. The minimum Gasteiger partial charge on any atom is -0.296 e. The minimum atomic E-state index is 0.615. The molecule has 0 spiro atoms. The third-order valence-electron chi connectivity index (χ3n) is 3.85. The predicted octanol–water partition coefficient (Wildman–Crippen LogP) is 3.72. The van der Waals surface area contributed by atoms with E-state index in [0.29, 0.717) is 6.04 Å². The van der Waals surface area contributed by atoms with Gasteiger partial charge < -0.3 is 0 Å². The Hall–Kier alpha value is -0.890. The van der Waals surface area contributed by atoms with E-state index in [1.54, 1.807) is 0 Å². The Morgan fingerprint density at radius 2 is 2.29 bits per heavy atom. The Balaban J connectivity index is 2.13. The van der Waals surface area contributed by atoms with Crippen molar-refractivity contribution in [1.82, 2.24) is 9.88 Å². The Bertz CT molecular complexity index is 349. The first-order valence-electron chi connectivity index (χ1n) is 6.97. The van der Waals surface area contributed by atoms with Crippen molar-refractivity contribution in [2.75, 3.05) is 13.1 Å². The molecule has 0 aromatic carbocycles. The summed E-state index contributed by atoms with van der Waals surface area (Å²) < 4.78 is 0. The maximum Gasteiger partial charge on any atom is 0.0366 e. The second kappa shape index (κ2) is 6.15. The molecule has 0 radical (unpaired) electrons. The van der Waals surface area contributed by atoms with E-state index in [1.807, 2.05) is 6.20 Å². The van der Waals surface area contributed by atoms with Gasteiger partial charge in [-0.25, -0.2) is 0 Å². The number of nitrogens with zero attached hydrogens (tertiary/aromatic N) is 2. The van der Waals surface area contributed by atoms with Crippen LogP contribution in [-0.4, -0.2) is 23.0 Å². The molecule has 1 fully saturated rings. The fourth-order valence-corrected chi connectivity index (χ4v) is 2.80. The molecule has 1 saturated heterocycles. The summed E-state index contributed by atoms with van der Waals surface area (Å²) in [6, 6.07) is 2.76. The zero-order chi connectivity index (χ0) is 12.1. The van der Waals surface area contributed by atoms with Gasteiger partial charge in [0.1, 0.15) is 0 Å². The normalized spacial score (nSPS) is 21.6. The van der Waals surface area contributed by atoms with Gasteiger partial charge in [0, 0.05) is 18.4 Å². The lowest BCUT2D eigenvalue weighted by Crippen LogP contribution is -2.34. The number of aromatic nitrogens is 1. The van der Waals surface area contributed by atoms with Gasteiger partial charge in [0.25, 0.3) is 0 Å². The van der Waals surface area contributed by atoms with Gasteiger partial charge in [-0.15, -0.1) is 0 Å². The maximum atomic E-state index is 4.31. The van der Waals surface area contributed by atoms with Crippen molar-refractivity contribution in [3.8, 4) is 0 Å². The number of hydrogen-bond donors (Lipinski definition) is 0. The fraction of sp³-hybridized carbons (Fsp3) is 0.667. The Kier molecular flexibility index (Phi) is 4.55. The number of likely N-dealkylation sites (tertiary alicyclic amines) is 1. The molecule has 0 unspecified atom stereocenters. The zero-order valence-corrected chi connectivity index (χ0v) is 11.2. The van der Waals surface area contributed by atoms with Crippen molar-refractivity contribution >= 4 is 0 Å². The third kappa shape index (κ3) is 3.06. The molecule has 0 bridgehead atoms. The van der Waals surface area contributed by atoms with Crippen molar-refractivity contribution in [2.24, 2.45) is 0 Å². The van der Waals surface area contributed by atoms with Crippen LogP contribution in [0.25, 0.3) is 0 Å². The molecular weight excluding hydrogens is 208 g/mol. The van der Waals surface area contributed by atoms with Crippen LogP contribution < -0.4 is 0 Å². The molecule has 0 saturated carbocycles. The average Bonchev–Trinajstić information content (AvgIpc) is 2.37. The van der Waals surface area contributed by atoms with Gasteiger partial charge in [0.2, 0.25) is 0 Å². The van der Waals surface area contributed by atoms with E-state index in [0.717, 1.165) is 0 Å². The molecule has 2 rings (SSSR count). The van der Waals surface area contributed by atoms with Gasteiger partial charge in [0.15, 0.2) is 0 Å².